The molecule has 3 amide bonds. The minimum Gasteiger partial charge on any atom is -0.395 e. The van der Waals surface area contributed by atoms with Crippen molar-refractivity contribution in [1.29, 1.82) is 0 Å². The van der Waals surface area contributed by atoms with E-state index in [1.807, 2.05) is 17.5 Å². The fourth-order valence-electron chi connectivity index (χ4n) is 2.11. The van der Waals surface area contributed by atoms with Gasteiger partial charge in [0.15, 0.2) is 5.76 Å². The van der Waals surface area contributed by atoms with Crippen LogP contribution in [0.25, 0.3) is 6.08 Å². The molecule has 1 aliphatic heterocycles. The largest absolute Gasteiger partial charge is 0.433 e. The van der Waals surface area contributed by atoms with Gasteiger partial charge in [-0.25, -0.2) is 0 Å². The van der Waals surface area contributed by atoms with Crippen molar-refractivity contribution in [2.75, 3.05) is 13.1 Å². The van der Waals surface area contributed by atoms with Crippen LogP contribution in [-0.2, 0) is 4.79 Å². The van der Waals surface area contributed by atoms with Gasteiger partial charge in [0.2, 0.25) is 0 Å². The second-order valence-corrected chi connectivity index (χ2v) is 6.97. The molecule has 9 nitrogen and oxygen atoms in total. The number of imide groups is 1. The first-order valence-corrected chi connectivity index (χ1v) is 8.96. The van der Waals surface area contributed by atoms with Gasteiger partial charge in [0, 0.05) is 18.0 Å². The Bertz CT molecular complexity index is 902. The highest BCUT2D eigenvalue weighted by Crippen LogP contribution is 2.32. The number of rotatable bonds is 6. The van der Waals surface area contributed by atoms with Gasteiger partial charge in [0.1, 0.15) is 4.92 Å². The van der Waals surface area contributed by atoms with Crippen LogP contribution in [0.3, 0.4) is 0 Å². The van der Waals surface area contributed by atoms with Gasteiger partial charge in [-0.2, -0.15) is 0 Å². The smallest absolute Gasteiger partial charge is 0.395 e. The highest BCUT2D eigenvalue weighted by Gasteiger charge is 2.34. The van der Waals surface area contributed by atoms with E-state index in [0.29, 0.717) is 4.91 Å². The summed E-state index contributed by atoms with van der Waals surface area (Å²) in [4.78, 5) is 48.1. The highest BCUT2D eigenvalue weighted by atomic mass is 32.2. The predicted molar refractivity (Wildman–Crippen MR) is 94.7 cm³/mol. The van der Waals surface area contributed by atoms with Gasteiger partial charge in [-0.3, -0.25) is 29.4 Å². The second kappa shape index (κ2) is 7.54. The van der Waals surface area contributed by atoms with Gasteiger partial charge >= 0.3 is 5.88 Å². The van der Waals surface area contributed by atoms with E-state index in [0.717, 1.165) is 27.6 Å². The Morgan fingerprint density at radius 2 is 2.15 bits per heavy atom. The maximum atomic E-state index is 12.3. The van der Waals surface area contributed by atoms with Crippen molar-refractivity contribution in [3.63, 3.8) is 0 Å². The average Bonchev–Trinajstić information content (AvgIpc) is 3.32. The molecule has 0 radical (unpaired) electrons. The summed E-state index contributed by atoms with van der Waals surface area (Å²) in [6, 6.07) is 5.93. The molecule has 0 bridgehead atoms. The Labute approximate surface area is 154 Å². The Morgan fingerprint density at radius 3 is 2.81 bits per heavy atom. The van der Waals surface area contributed by atoms with Gasteiger partial charge in [-0.15, -0.1) is 11.3 Å². The number of nitro groups is 1. The lowest BCUT2D eigenvalue weighted by Crippen LogP contribution is -2.37. The number of hydrogen-bond acceptors (Lipinski definition) is 8. The first kappa shape index (κ1) is 17.9. The maximum Gasteiger partial charge on any atom is 0.433 e. The molecule has 0 aromatic carbocycles. The highest BCUT2D eigenvalue weighted by molar-refractivity contribution is 8.18. The van der Waals surface area contributed by atoms with Gasteiger partial charge in [0.25, 0.3) is 17.1 Å². The summed E-state index contributed by atoms with van der Waals surface area (Å²) in [5.74, 6) is -1.85. The molecule has 2 aromatic heterocycles. The summed E-state index contributed by atoms with van der Waals surface area (Å²) in [7, 11) is 0. The number of carbonyl (C=O) groups excluding carboxylic acids is 3. The molecule has 0 atom stereocenters. The summed E-state index contributed by atoms with van der Waals surface area (Å²) < 4.78 is 4.78. The van der Waals surface area contributed by atoms with Crippen molar-refractivity contribution in [3.8, 4) is 0 Å². The van der Waals surface area contributed by atoms with Crippen molar-refractivity contribution in [1.82, 2.24) is 10.2 Å². The molecule has 3 rings (SSSR count). The molecular formula is C15H11N3O6S2. The molecule has 0 unspecified atom stereocenters. The van der Waals surface area contributed by atoms with Crippen LogP contribution in [0, 0.1) is 10.1 Å². The summed E-state index contributed by atoms with van der Waals surface area (Å²) >= 11 is 2.29. The lowest BCUT2D eigenvalue weighted by atomic mass is 10.3. The summed E-state index contributed by atoms with van der Waals surface area (Å²) in [5, 5.41) is 14.4. The molecule has 1 N–H and O–H groups in total. The average molecular weight is 393 g/mol. The van der Waals surface area contributed by atoms with Crippen molar-refractivity contribution in [3.05, 3.63) is 55.3 Å². The van der Waals surface area contributed by atoms with Crippen LogP contribution in [0.15, 0.2) is 39.0 Å². The molecule has 0 saturated carbocycles. The van der Waals surface area contributed by atoms with Crippen LogP contribution in [0.2, 0.25) is 0 Å². The van der Waals surface area contributed by atoms with Gasteiger partial charge in [-0.1, -0.05) is 6.07 Å². The number of thiophene rings is 1. The van der Waals surface area contributed by atoms with E-state index >= 15 is 0 Å². The molecule has 11 heteroatoms. The van der Waals surface area contributed by atoms with E-state index in [2.05, 4.69) is 5.32 Å². The molecule has 2 aromatic rings. The first-order valence-electron chi connectivity index (χ1n) is 7.27. The third kappa shape index (κ3) is 3.83. The van der Waals surface area contributed by atoms with Crippen molar-refractivity contribution in [2.24, 2.45) is 0 Å². The van der Waals surface area contributed by atoms with E-state index in [4.69, 9.17) is 4.42 Å². The molecule has 26 heavy (non-hydrogen) atoms. The monoisotopic (exact) mass is 393 g/mol. The predicted octanol–water partition coefficient (Wildman–Crippen LogP) is 2.72. The Balaban J connectivity index is 1.56. The van der Waals surface area contributed by atoms with Gasteiger partial charge in [0.05, 0.1) is 11.0 Å². The Hall–Kier alpha value is -2.92. The van der Waals surface area contributed by atoms with E-state index < -0.39 is 27.9 Å². The SMILES string of the molecule is O=C(NCCN1C(=O)S/C(=C\c2cccs2)C1=O)c1ccc([N+](=O)[O-])o1. The fraction of sp³-hybridized carbons (Fsp3) is 0.133. The Morgan fingerprint density at radius 1 is 1.35 bits per heavy atom. The standard InChI is InChI=1S/C15H11N3O6S2/c19-13(10-3-4-12(24-10)18(22)23)16-5-6-17-14(20)11(26-15(17)21)8-9-2-1-7-25-9/h1-4,7-8H,5-6H2,(H,16,19)/b11-8-. The lowest BCUT2D eigenvalue weighted by molar-refractivity contribution is -0.402. The number of furan rings is 1. The topological polar surface area (TPSA) is 123 Å². The molecule has 1 saturated heterocycles. The Kier molecular flexibility index (Phi) is 5.19. The molecule has 0 spiro atoms. The summed E-state index contributed by atoms with van der Waals surface area (Å²) in [6.07, 6.45) is 1.65. The number of carbonyl (C=O) groups is 3. The zero-order valence-electron chi connectivity index (χ0n) is 13.0. The van der Waals surface area contributed by atoms with E-state index in [1.165, 1.54) is 17.4 Å². The molecular weight excluding hydrogens is 382 g/mol. The van der Waals surface area contributed by atoms with E-state index in [1.54, 1.807) is 6.08 Å². The zero-order chi connectivity index (χ0) is 18.7. The number of amides is 3. The van der Waals surface area contributed by atoms with E-state index in [-0.39, 0.29) is 18.8 Å². The van der Waals surface area contributed by atoms with E-state index in [9.17, 15) is 24.5 Å². The fourth-order valence-corrected chi connectivity index (χ4v) is 3.70. The van der Waals surface area contributed by atoms with Crippen molar-refractivity contribution >= 4 is 52.1 Å². The molecule has 134 valence electrons. The zero-order valence-corrected chi connectivity index (χ0v) is 14.7. The van der Waals surface area contributed by atoms with Crippen LogP contribution in [-0.4, -0.2) is 40.0 Å². The minimum atomic E-state index is -0.753. The quantitative estimate of drug-likeness (QED) is 0.455. The van der Waals surface area contributed by atoms with Crippen molar-refractivity contribution < 1.29 is 23.7 Å². The maximum absolute atomic E-state index is 12.3. The molecule has 1 aliphatic rings. The number of hydrogen-bond donors (Lipinski definition) is 1. The minimum absolute atomic E-state index is 0.00233. The summed E-state index contributed by atoms with van der Waals surface area (Å²) in [6.45, 7) is -0.0152. The number of thioether (sulfide) groups is 1. The molecule has 3 heterocycles. The third-order valence-electron chi connectivity index (χ3n) is 3.31. The van der Waals surface area contributed by atoms with Gasteiger partial charge < -0.3 is 9.73 Å². The number of nitrogens with one attached hydrogen (secondary N) is 1. The summed E-state index contributed by atoms with van der Waals surface area (Å²) in [5.41, 5.74) is 0. The second-order valence-electron chi connectivity index (χ2n) is 5.00. The first-order chi connectivity index (χ1) is 12.5. The van der Waals surface area contributed by atoms with Gasteiger partial charge in [-0.05, 0) is 35.4 Å². The molecule has 1 fully saturated rings. The van der Waals surface area contributed by atoms with Crippen LogP contribution in [0.1, 0.15) is 15.4 Å². The van der Waals surface area contributed by atoms with Crippen LogP contribution in [0.5, 0.6) is 0 Å². The normalized spacial score (nSPS) is 15.7. The van der Waals surface area contributed by atoms with Crippen molar-refractivity contribution in [2.45, 2.75) is 0 Å². The van der Waals surface area contributed by atoms with Crippen LogP contribution < -0.4 is 5.32 Å². The number of nitrogens with zero attached hydrogens (tertiary/aromatic N) is 2. The third-order valence-corrected chi connectivity index (χ3v) is 5.03. The molecule has 0 aliphatic carbocycles. The van der Waals surface area contributed by atoms with Crippen LogP contribution in [0.4, 0.5) is 10.7 Å². The van der Waals surface area contributed by atoms with Crippen LogP contribution >= 0.6 is 23.1 Å². The lowest BCUT2D eigenvalue weighted by Gasteiger charge is -2.12.